The second-order valence-corrected chi connectivity index (χ2v) is 21.2. The number of aromatic nitrogens is 9. The summed E-state index contributed by atoms with van der Waals surface area (Å²) in [4.78, 5) is 35.0. The van der Waals surface area contributed by atoms with Gasteiger partial charge in [-0.05, 0) is 133 Å². The van der Waals surface area contributed by atoms with E-state index in [2.05, 4.69) is 149 Å². The van der Waals surface area contributed by atoms with Crippen LogP contribution < -0.4 is 5.32 Å². The number of aryl methyl sites for hydroxylation is 1. The predicted molar refractivity (Wildman–Crippen MR) is 344 cm³/mol. The molecular formula is C74H54N10O2. The van der Waals surface area contributed by atoms with E-state index in [9.17, 15) is 0 Å². The Morgan fingerprint density at radius 3 is 1.52 bits per heavy atom. The van der Waals surface area contributed by atoms with Crippen molar-refractivity contribution in [2.75, 3.05) is 0 Å². The summed E-state index contributed by atoms with van der Waals surface area (Å²) in [6.07, 6.45) is 11.3. The second kappa shape index (κ2) is 21.4. The average Bonchev–Trinajstić information content (AvgIpc) is 1.91. The summed E-state index contributed by atoms with van der Waals surface area (Å²) < 4.78 is 17.0. The number of pyridine rings is 5. The fraction of sp³-hybridized carbons (Fsp3) is 0.0676. The highest BCUT2D eigenvalue weighted by Gasteiger charge is 2.24. The average molecular weight is 1120 g/mol. The van der Waals surface area contributed by atoms with E-state index in [1.54, 1.807) is 12.5 Å². The molecule has 0 unspecified atom stereocenters. The molecule has 86 heavy (non-hydrogen) atoms. The first-order valence-electron chi connectivity index (χ1n) is 28.9. The minimum Gasteiger partial charge on any atom is -0.442 e. The summed E-state index contributed by atoms with van der Waals surface area (Å²) in [6.45, 7) is 8.77. The summed E-state index contributed by atoms with van der Waals surface area (Å²) in [7, 11) is 0. The van der Waals surface area contributed by atoms with Gasteiger partial charge in [-0.3, -0.25) is 24.1 Å². The number of allylic oxidation sites excluding steroid dienone is 1. The Labute approximate surface area is 495 Å². The van der Waals surface area contributed by atoms with Crippen LogP contribution in [0.3, 0.4) is 0 Å². The molecule has 12 heteroatoms. The monoisotopic (exact) mass is 1110 g/mol. The van der Waals surface area contributed by atoms with Crippen LogP contribution in [0.1, 0.15) is 37.7 Å². The van der Waals surface area contributed by atoms with E-state index in [0.717, 1.165) is 139 Å². The Kier molecular flexibility index (Phi) is 12.8. The van der Waals surface area contributed by atoms with Crippen molar-refractivity contribution in [3.8, 4) is 102 Å². The number of oxazole rings is 2. The first kappa shape index (κ1) is 51.5. The van der Waals surface area contributed by atoms with Crippen LogP contribution in [0.2, 0.25) is 0 Å². The largest absolute Gasteiger partial charge is 0.442 e. The third-order valence-electron chi connectivity index (χ3n) is 15.9. The Hall–Kier alpha value is -11.4. The first-order valence-corrected chi connectivity index (χ1v) is 28.9. The number of fused-ring (bicyclic) bond motifs is 7. The number of benzene rings is 6. The standard InChI is InChI=1S/C72H48N10O2.C2H6/c1-43-33-65-57(39-75-43)55-37-49(59-19-9-21-61(77-59)69-53(17-11-31-73-69)45-13-5-3-6-14-45)27-29-63(55)81(65)67-41-83-71(79-67)51-25-23-48-36-52(26-24-47(48)35-51)72-80-68(42-84-72)82-64-30-28-50(38-56(64)58-40-76-44(2)34-66(58)82)60-20-10-22-62(78-60)70-54(18-12-32-74-70)46-15-7-4-8-16-46;1-2/h3-39,41-42,76H,40H2,1-2H3;1-2H3. The smallest absolute Gasteiger partial charge is 0.228 e. The molecule has 0 aliphatic carbocycles. The van der Waals surface area contributed by atoms with Crippen molar-refractivity contribution >= 4 is 49.6 Å². The molecule has 10 heterocycles. The maximum atomic E-state index is 6.33. The van der Waals surface area contributed by atoms with Crippen molar-refractivity contribution in [2.24, 2.45) is 0 Å². The molecule has 0 saturated heterocycles. The molecule has 0 saturated carbocycles. The van der Waals surface area contributed by atoms with Gasteiger partial charge in [0.1, 0.15) is 12.5 Å². The van der Waals surface area contributed by atoms with E-state index in [4.69, 9.17) is 43.7 Å². The van der Waals surface area contributed by atoms with E-state index < -0.39 is 0 Å². The highest BCUT2D eigenvalue weighted by Crippen LogP contribution is 2.40. The summed E-state index contributed by atoms with van der Waals surface area (Å²) in [5.74, 6) is 2.40. The van der Waals surface area contributed by atoms with Gasteiger partial charge in [-0.15, -0.1) is 0 Å². The van der Waals surface area contributed by atoms with E-state index >= 15 is 0 Å². The summed E-state index contributed by atoms with van der Waals surface area (Å²) in [6, 6.07) is 68.6. The van der Waals surface area contributed by atoms with Crippen molar-refractivity contribution in [1.29, 1.82) is 0 Å². The number of hydrogen-bond acceptors (Lipinski definition) is 10. The lowest BCUT2D eigenvalue weighted by molar-refractivity contribution is 0.573. The Bertz CT molecular complexity index is 5130. The van der Waals surface area contributed by atoms with E-state index in [0.29, 0.717) is 30.0 Å². The fourth-order valence-corrected chi connectivity index (χ4v) is 11.9. The maximum Gasteiger partial charge on any atom is 0.228 e. The van der Waals surface area contributed by atoms with Gasteiger partial charge in [-0.1, -0.05) is 123 Å². The highest BCUT2D eigenvalue weighted by atomic mass is 16.3. The molecule has 0 spiro atoms. The second-order valence-electron chi connectivity index (χ2n) is 21.2. The van der Waals surface area contributed by atoms with Crippen LogP contribution in [0.25, 0.3) is 152 Å². The molecule has 16 rings (SSSR count). The Balaban J connectivity index is 0.00000309. The van der Waals surface area contributed by atoms with Gasteiger partial charge < -0.3 is 14.2 Å². The first-order chi connectivity index (χ1) is 42.4. The maximum absolute atomic E-state index is 6.33. The summed E-state index contributed by atoms with van der Waals surface area (Å²) in [5.41, 5.74) is 20.2. The van der Waals surface area contributed by atoms with Crippen LogP contribution in [0.5, 0.6) is 0 Å². The highest BCUT2D eigenvalue weighted by molar-refractivity contribution is 6.10. The molecule has 0 amide bonds. The van der Waals surface area contributed by atoms with E-state index in [1.807, 2.05) is 118 Å². The normalized spacial score (nSPS) is 12.1. The molecule has 0 fully saturated rings. The van der Waals surface area contributed by atoms with Crippen molar-refractivity contribution in [3.63, 3.8) is 0 Å². The topological polar surface area (TPSA) is 138 Å². The molecule has 15 aromatic rings. The summed E-state index contributed by atoms with van der Waals surface area (Å²) >= 11 is 0. The van der Waals surface area contributed by atoms with E-state index in [-0.39, 0.29) is 0 Å². The van der Waals surface area contributed by atoms with Crippen LogP contribution in [0.15, 0.2) is 246 Å². The van der Waals surface area contributed by atoms with Gasteiger partial charge in [0.05, 0.1) is 56.4 Å². The minimum atomic E-state index is 0.511. The Morgan fingerprint density at radius 1 is 0.419 bits per heavy atom. The molecule has 1 aliphatic rings. The zero-order valence-electron chi connectivity index (χ0n) is 47.6. The molecular weight excluding hydrogens is 1060 g/mol. The number of rotatable bonds is 10. The van der Waals surface area contributed by atoms with Crippen LogP contribution >= 0.6 is 0 Å². The molecule has 412 valence electrons. The number of nitrogens with zero attached hydrogens (tertiary/aromatic N) is 9. The molecule has 0 bridgehead atoms. The van der Waals surface area contributed by atoms with Crippen LogP contribution in [0.4, 0.5) is 0 Å². The number of nitrogens with one attached hydrogen (secondary N) is 1. The quantitative estimate of drug-likeness (QED) is 0.141. The van der Waals surface area contributed by atoms with Gasteiger partial charge in [0.15, 0.2) is 11.6 Å². The lowest BCUT2D eigenvalue weighted by Gasteiger charge is -2.15. The minimum absolute atomic E-state index is 0.511. The third-order valence-corrected chi connectivity index (χ3v) is 15.9. The van der Waals surface area contributed by atoms with Crippen molar-refractivity contribution in [2.45, 2.75) is 34.2 Å². The Morgan fingerprint density at radius 2 is 0.942 bits per heavy atom. The molecule has 12 nitrogen and oxygen atoms in total. The zero-order valence-corrected chi connectivity index (χ0v) is 47.6. The van der Waals surface area contributed by atoms with Crippen LogP contribution in [-0.2, 0) is 6.54 Å². The van der Waals surface area contributed by atoms with Gasteiger partial charge in [0, 0.05) is 91.6 Å². The molecule has 0 atom stereocenters. The third kappa shape index (κ3) is 9.08. The van der Waals surface area contributed by atoms with Crippen LogP contribution in [0, 0.1) is 6.92 Å². The van der Waals surface area contributed by atoms with Gasteiger partial charge in [-0.2, -0.15) is 9.97 Å². The van der Waals surface area contributed by atoms with Gasteiger partial charge in [0.25, 0.3) is 0 Å². The van der Waals surface area contributed by atoms with Gasteiger partial charge in [0.2, 0.25) is 11.8 Å². The lowest BCUT2D eigenvalue weighted by atomic mass is 10.0. The molecule has 0 radical (unpaired) electrons. The zero-order chi connectivity index (χ0) is 57.8. The molecule has 6 aromatic carbocycles. The summed E-state index contributed by atoms with van der Waals surface area (Å²) in [5, 5.41) is 8.77. The van der Waals surface area contributed by atoms with Crippen molar-refractivity contribution in [3.05, 3.63) is 254 Å². The van der Waals surface area contributed by atoms with E-state index in [1.165, 1.54) is 5.56 Å². The van der Waals surface area contributed by atoms with Gasteiger partial charge in [-0.25, -0.2) is 9.97 Å². The molecule has 1 N–H and O–H groups in total. The van der Waals surface area contributed by atoms with Crippen molar-refractivity contribution < 1.29 is 8.83 Å². The number of hydrogen-bond donors (Lipinski definition) is 1. The fourth-order valence-electron chi connectivity index (χ4n) is 11.9. The van der Waals surface area contributed by atoms with Gasteiger partial charge >= 0.3 is 0 Å². The molecule has 1 aliphatic heterocycles. The lowest BCUT2D eigenvalue weighted by Crippen LogP contribution is -2.16. The predicted octanol–water partition coefficient (Wildman–Crippen LogP) is 18.0. The SMILES string of the molecule is CC.CC1=Cc2c(c3cc(-c4cccc(-c5ncccc5-c5ccccc5)n4)ccc3n2-c2coc(-c3ccc4cc(-c5nc(-n6c7ccc(-c8cccc(-c9ncccc9-c9ccccc9)n8)cc7c7cnc(C)cc76)co5)ccc4c3)n2)CN1. The van der Waals surface area contributed by atoms with Crippen molar-refractivity contribution in [1.82, 2.24) is 49.3 Å². The molecule has 9 aromatic heterocycles. The van der Waals surface area contributed by atoms with Crippen LogP contribution in [-0.4, -0.2) is 44.0 Å².